The molecule has 0 fully saturated rings. The van der Waals surface area contributed by atoms with Gasteiger partial charge in [0.1, 0.15) is 6.07 Å². The number of hydrogen-bond acceptors (Lipinski definition) is 3. The predicted octanol–water partition coefficient (Wildman–Crippen LogP) is 1.27. The Balaban J connectivity index is 3.35. The average Bonchev–Trinajstić information content (AvgIpc) is 1.97. The molecule has 0 radical (unpaired) electrons. The van der Waals surface area contributed by atoms with Crippen molar-refractivity contribution in [2.75, 3.05) is 0 Å². The Morgan fingerprint density at radius 1 is 1.00 bits per heavy atom. The van der Waals surface area contributed by atoms with Crippen molar-refractivity contribution in [3.63, 3.8) is 0 Å². The smallest absolute Gasteiger partial charge is 0.161 e. The molecule has 3 nitrogen and oxygen atoms in total. The lowest BCUT2D eigenvalue weighted by Crippen LogP contribution is -1.98. The third-order valence-electron chi connectivity index (χ3n) is 1.59. The maximum absolute atomic E-state index is 8.58. The monoisotopic (exact) mass is 147 g/mol. The number of aryl methyl sites for hydroxylation is 3. The van der Waals surface area contributed by atoms with Gasteiger partial charge in [0, 0.05) is 0 Å². The fourth-order valence-corrected chi connectivity index (χ4v) is 0.821. The molecule has 1 heterocycles. The molecule has 0 saturated heterocycles. The molecule has 0 amide bonds. The van der Waals surface area contributed by atoms with Gasteiger partial charge in [0.15, 0.2) is 5.69 Å². The quantitative estimate of drug-likeness (QED) is 0.555. The van der Waals surface area contributed by atoms with E-state index in [2.05, 4.69) is 9.97 Å². The number of aromatic nitrogens is 2. The summed E-state index contributed by atoms with van der Waals surface area (Å²) < 4.78 is 0. The van der Waals surface area contributed by atoms with Crippen LogP contribution in [0, 0.1) is 32.1 Å². The van der Waals surface area contributed by atoms with E-state index in [9.17, 15) is 0 Å². The molecule has 1 aromatic rings. The maximum Gasteiger partial charge on any atom is 0.161 e. The van der Waals surface area contributed by atoms with Crippen LogP contribution in [-0.4, -0.2) is 9.97 Å². The lowest BCUT2D eigenvalue weighted by molar-refractivity contribution is 0.984. The van der Waals surface area contributed by atoms with E-state index < -0.39 is 0 Å². The standard InChI is InChI=1S/C8H9N3/c1-5-6(2)11-8(4-9)7(3)10-5/h1-3H3. The third-order valence-corrected chi connectivity index (χ3v) is 1.59. The van der Waals surface area contributed by atoms with Gasteiger partial charge in [-0.3, -0.25) is 4.98 Å². The number of rotatable bonds is 0. The molecule has 0 spiro atoms. The van der Waals surface area contributed by atoms with E-state index in [0.29, 0.717) is 11.4 Å². The van der Waals surface area contributed by atoms with Crippen molar-refractivity contribution < 1.29 is 0 Å². The Kier molecular flexibility index (Phi) is 1.86. The highest BCUT2D eigenvalue weighted by atomic mass is 14.8. The van der Waals surface area contributed by atoms with Crippen LogP contribution in [0.4, 0.5) is 0 Å². The van der Waals surface area contributed by atoms with Crippen molar-refractivity contribution in [3.8, 4) is 6.07 Å². The summed E-state index contributed by atoms with van der Waals surface area (Å²) in [7, 11) is 0. The highest BCUT2D eigenvalue weighted by Crippen LogP contribution is 2.04. The molecule has 0 atom stereocenters. The van der Waals surface area contributed by atoms with Gasteiger partial charge < -0.3 is 0 Å². The van der Waals surface area contributed by atoms with E-state index in [0.717, 1.165) is 11.4 Å². The minimum Gasteiger partial charge on any atom is -0.254 e. The van der Waals surface area contributed by atoms with Crippen LogP contribution in [0.1, 0.15) is 22.8 Å². The topological polar surface area (TPSA) is 49.6 Å². The van der Waals surface area contributed by atoms with Crippen molar-refractivity contribution in [2.24, 2.45) is 0 Å². The predicted molar refractivity (Wildman–Crippen MR) is 41.0 cm³/mol. The molecule has 11 heavy (non-hydrogen) atoms. The van der Waals surface area contributed by atoms with Crippen LogP contribution < -0.4 is 0 Å². The molecule has 0 N–H and O–H groups in total. The Labute approximate surface area is 65.7 Å². The summed E-state index contributed by atoms with van der Waals surface area (Å²) in [6, 6.07) is 1.99. The van der Waals surface area contributed by atoms with E-state index in [1.807, 2.05) is 19.9 Å². The zero-order valence-corrected chi connectivity index (χ0v) is 6.84. The molecule has 1 aromatic heterocycles. The molecule has 0 unspecified atom stereocenters. The van der Waals surface area contributed by atoms with E-state index in [1.54, 1.807) is 6.92 Å². The normalized spacial score (nSPS) is 9.27. The van der Waals surface area contributed by atoms with Crippen molar-refractivity contribution in [1.82, 2.24) is 9.97 Å². The summed E-state index contributed by atoms with van der Waals surface area (Å²) in [4.78, 5) is 8.23. The van der Waals surface area contributed by atoms with Crippen LogP contribution in [0.15, 0.2) is 0 Å². The van der Waals surface area contributed by atoms with Crippen LogP contribution in [0.2, 0.25) is 0 Å². The lowest BCUT2D eigenvalue weighted by Gasteiger charge is -2.00. The fourth-order valence-electron chi connectivity index (χ4n) is 0.821. The van der Waals surface area contributed by atoms with Gasteiger partial charge in [-0.15, -0.1) is 0 Å². The number of hydrogen-bond donors (Lipinski definition) is 0. The third kappa shape index (κ3) is 1.35. The van der Waals surface area contributed by atoms with Gasteiger partial charge >= 0.3 is 0 Å². The SMILES string of the molecule is Cc1nc(C)c(C#N)nc1C. The second-order valence-electron chi connectivity index (χ2n) is 2.44. The summed E-state index contributed by atoms with van der Waals surface area (Å²) in [6.45, 7) is 5.52. The van der Waals surface area contributed by atoms with Crippen LogP contribution >= 0.6 is 0 Å². The summed E-state index contributed by atoms with van der Waals surface area (Å²) in [6.07, 6.45) is 0. The first-order valence-corrected chi connectivity index (χ1v) is 3.37. The van der Waals surface area contributed by atoms with Gasteiger partial charge in [0.2, 0.25) is 0 Å². The minimum absolute atomic E-state index is 0.424. The second kappa shape index (κ2) is 2.67. The van der Waals surface area contributed by atoms with Gasteiger partial charge in [0.25, 0.3) is 0 Å². The molecule has 0 aliphatic rings. The Morgan fingerprint density at radius 3 is 2.09 bits per heavy atom. The highest BCUT2D eigenvalue weighted by molar-refractivity contribution is 5.27. The molecule has 0 bridgehead atoms. The molecular formula is C8H9N3. The van der Waals surface area contributed by atoms with Gasteiger partial charge in [-0.25, -0.2) is 4.98 Å². The Hall–Kier alpha value is -1.43. The lowest BCUT2D eigenvalue weighted by atomic mass is 10.3. The fraction of sp³-hybridized carbons (Fsp3) is 0.375. The van der Waals surface area contributed by atoms with E-state index in [1.165, 1.54) is 0 Å². The first-order chi connectivity index (χ1) is 5.15. The molecule has 56 valence electrons. The Morgan fingerprint density at radius 2 is 1.55 bits per heavy atom. The molecule has 1 rings (SSSR count). The zero-order chi connectivity index (χ0) is 8.43. The van der Waals surface area contributed by atoms with E-state index in [4.69, 9.17) is 5.26 Å². The highest BCUT2D eigenvalue weighted by Gasteiger charge is 2.02. The molecule has 0 aliphatic carbocycles. The van der Waals surface area contributed by atoms with Crippen LogP contribution in [0.25, 0.3) is 0 Å². The summed E-state index contributed by atoms with van der Waals surface area (Å²) in [5, 5.41) is 8.58. The molecular weight excluding hydrogens is 138 g/mol. The maximum atomic E-state index is 8.58. The average molecular weight is 147 g/mol. The van der Waals surface area contributed by atoms with Crippen LogP contribution in [0.5, 0.6) is 0 Å². The van der Waals surface area contributed by atoms with Gasteiger partial charge in [0.05, 0.1) is 17.1 Å². The van der Waals surface area contributed by atoms with Crippen molar-refractivity contribution in [3.05, 3.63) is 22.8 Å². The van der Waals surface area contributed by atoms with Crippen molar-refractivity contribution in [1.29, 1.82) is 5.26 Å². The Bertz CT molecular complexity index is 323. The van der Waals surface area contributed by atoms with Crippen LogP contribution in [-0.2, 0) is 0 Å². The summed E-state index contributed by atoms with van der Waals surface area (Å²) in [5.41, 5.74) is 2.84. The molecule has 0 aliphatic heterocycles. The van der Waals surface area contributed by atoms with E-state index in [-0.39, 0.29) is 0 Å². The summed E-state index contributed by atoms with van der Waals surface area (Å²) in [5.74, 6) is 0. The minimum atomic E-state index is 0.424. The molecule has 0 saturated carbocycles. The number of nitrogens with zero attached hydrogens (tertiary/aromatic N) is 3. The van der Waals surface area contributed by atoms with Crippen molar-refractivity contribution >= 4 is 0 Å². The largest absolute Gasteiger partial charge is 0.254 e. The van der Waals surface area contributed by atoms with Gasteiger partial charge in [-0.05, 0) is 20.8 Å². The summed E-state index contributed by atoms with van der Waals surface area (Å²) >= 11 is 0. The van der Waals surface area contributed by atoms with Crippen LogP contribution in [0.3, 0.4) is 0 Å². The second-order valence-corrected chi connectivity index (χ2v) is 2.44. The first-order valence-electron chi connectivity index (χ1n) is 3.37. The van der Waals surface area contributed by atoms with Crippen molar-refractivity contribution in [2.45, 2.75) is 20.8 Å². The van der Waals surface area contributed by atoms with Gasteiger partial charge in [-0.1, -0.05) is 0 Å². The zero-order valence-electron chi connectivity index (χ0n) is 6.84. The first kappa shape index (κ1) is 7.67. The number of nitriles is 1. The molecule has 0 aromatic carbocycles. The van der Waals surface area contributed by atoms with E-state index >= 15 is 0 Å². The molecule has 3 heteroatoms. The van der Waals surface area contributed by atoms with Gasteiger partial charge in [-0.2, -0.15) is 5.26 Å².